The van der Waals surface area contributed by atoms with Crippen molar-refractivity contribution in [2.45, 2.75) is 51.5 Å². The van der Waals surface area contributed by atoms with Gasteiger partial charge >= 0.3 is 0 Å². The van der Waals surface area contributed by atoms with Gasteiger partial charge in [-0.05, 0) is 26.2 Å². The molecule has 1 saturated heterocycles. The molecule has 2 heterocycles. The molecule has 0 aromatic carbocycles. The van der Waals surface area contributed by atoms with Crippen molar-refractivity contribution in [2.75, 3.05) is 19.6 Å². The third-order valence-electron chi connectivity index (χ3n) is 4.14. The maximum Gasteiger partial charge on any atom is 0.255 e. The lowest BCUT2D eigenvalue weighted by Gasteiger charge is -2.34. The number of hydrogen-bond acceptors (Lipinski definition) is 3. The van der Waals surface area contributed by atoms with Crippen LogP contribution in [0.5, 0.6) is 0 Å². The van der Waals surface area contributed by atoms with E-state index in [2.05, 4.69) is 6.92 Å². The number of amides is 2. The topological polar surface area (TPSA) is 53.0 Å². The van der Waals surface area contributed by atoms with Crippen LogP contribution in [0, 0.1) is 0 Å². The second-order valence-electron chi connectivity index (χ2n) is 5.35. The standard InChI is InChI=1S/C14H23N3O2/c1-3-5-6-12-15-14(13(19)17(12)4-2)7-9-16(11-18)10-8-14/h11H,3-10H2,1-2H3. The molecule has 0 aromatic rings. The fourth-order valence-electron chi connectivity index (χ4n) is 2.90. The minimum atomic E-state index is -0.571. The van der Waals surface area contributed by atoms with E-state index in [1.165, 1.54) is 0 Å². The Hall–Kier alpha value is -1.39. The first-order valence-electron chi connectivity index (χ1n) is 7.27. The highest BCUT2D eigenvalue weighted by atomic mass is 16.2. The predicted octanol–water partition coefficient (Wildman–Crippen LogP) is 1.43. The SMILES string of the molecule is CCCCC1=NC2(CCN(C=O)CC2)C(=O)N1CC. The number of hydrogen-bond donors (Lipinski definition) is 0. The van der Waals surface area contributed by atoms with E-state index in [0.29, 0.717) is 32.5 Å². The van der Waals surface area contributed by atoms with Crippen molar-refractivity contribution in [3.05, 3.63) is 0 Å². The van der Waals surface area contributed by atoms with Gasteiger partial charge in [0.15, 0.2) is 0 Å². The lowest BCUT2D eigenvalue weighted by molar-refractivity contribution is -0.134. The average Bonchev–Trinajstić information content (AvgIpc) is 2.70. The number of carbonyl (C=O) groups is 2. The molecule has 5 nitrogen and oxygen atoms in total. The molecular weight excluding hydrogens is 242 g/mol. The number of aliphatic imine (C=N–C) groups is 1. The van der Waals surface area contributed by atoms with E-state index in [9.17, 15) is 9.59 Å². The first-order chi connectivity index (χ1) is 9.16. The quantitative estimate of drug-likeness (QED) is 0.706. The zero-order valence-electron chi connectivity index (χ0n) is 11.9. The number of likely N-dealkylation sites (N-methyl/N-ethyl adjacent to an activating group) is 1. The number of piperidine rings is 1. The summed E-state index contributed by atoms with van der Waals surface area (Å²) in [5, 5.41) is 0. The minimum Gasteiger partial charge on any atom is -0.345 e. The van der Waals surface area contributed by atoms with Crippen molar-refractivity contribution in [2.24, 2.45) is 4.99 Å². The highest BCUT2D eigenvalue weighted by Crippen LogP contribution is 2.34. The van der Waals surface area contributed by atoms with Gasteiger partial charge in [0.2, 0.25) is 6.41 Å². The van der Waals surface area contributed by atoms with Crippen LogP contribution in [0.4, 0.5) is 0 Å². The van der Waals surface area contributed by atoms with Crippen LogP contribution < -0.4 is 0 Å². The van der Waals surface area contributed by atoms with Gasteiger partial charge in [0.1, 0.15) is 11.4 Å². The molecule has 2 rings (SSSR count). The van der Waals surface area contributed by atoms with Crippen LogP contribution in [0.25, 0.3) is 0 Å². The molecule has 0 atom stereocenters. The average molecular weight is 265 g/mol. The number of unbranched alkanes of at least 4 members (excludes halogenated alkanes) is 1. The Morgan fingerprint density at radius 2 is 2.00 bits per heavy atom. The maximum atomic E-state index is 12.6. The van der Waals surface area contributed by atoms with E-state index >= 15 is 0 Å². The van der Waals surface area contributed by atoms with Crippen LogP contribution in [0.1, 0.15) is 46.0 Å². The van der Waals surface area contributed by atoms with E-state index < -0.39 is 5.54 Å². The molecule has 1 spiro atoms. The highest BCUT2D eigenvalue weighted by Gasteiger charge is 2.48. The monoisotopic (exact) mass is 265 g/mol. The predicted molar refractivity (Wildman–Crippen MR) is 73.9 cm³/mol. The first kappa shape index (κ1) is 14.0. The van der Waals surface area contributed by atoms with Gasteiger partial charge in [-0.15, -0.1) is 0 Å². The third-order valence-corrected chi connectivity index (χ3v) is 4.14. The molecule has 19 heavy (non-hydrogen) atoms. The Morgan fingerprint density at radius 3 is 2.53 bits per heavy atom. The third kappa shape index (κ3) is 2.51. The lowest BCUT2D eigenvalue weighted by Crippen LogP contribution is -2.49. The van der Waals surface area contributed by atoms with Gasteiger partial charge in [-0.3, -0.25) is 19.5 Å². The summed E-state index contributed by atoms with van der Waals surface area (Å²) < 4.78 is 0. The zero-order chi connectivity index (χ0) is 13.9. The Labute approximate surface area is 114 Å². The number of nitrogens with zero attached hydrogens (tertiary/aromatic N) is 3. The summed E-state index contributed by atoms with van der Waals surface area (Å²) in [5.41, 5.74) is -0.571. The van der Waals surface area contributed by atoms with Gasteiger partial charge < -0.3 is 4.90 Å². The summed E-state index contributed by atoms with van der Waals surface area (Å²) in [6.45, 7) is 6.11. The molecule has 2 amide bonds. The van der Waals surface area contributed by atoms with E-state index in [1.54, 1.807) is 4.90 Å². The van der Waals surface area contributed by atoms with Crippen molar-refractivity contribution in [3.63, 3.8) is 0 Å². The van der Waals surface area contributed by atoms with Crippen LogP contribution in [0.15, 0.2) is 4.99 Å². The summed E-state index contributed by atoms with van der Waals surface area (Å²) in [5.74, 6) is 1.10. The maximum absolute atomic E-state index is 12.6. The molecule has 1 fully saturated rings. The van der Waals surface area contributed by atoms with Gasteiger partial charge in [0.05, 0.1) is 0 Å². The Bertz CT molecular complexity index is 384. The van der Waals surface area contributed by atoms with Crippen LogP contribution in [-0.4, -0.2) is 53.1 Å². The number of amidine groups is 1. The zero-order valence-corrected chi connectivity index (χ0v) is 11.9. The van der Waals surface area contributed by atoms with Gasteiger partial charge in [-0.25, -0.2) is 0 Å². The Balaban J connectivity index is 2.14. The fraction of sp³-hybridized carbons (Fsp3) is 0.786. The largest absolute Gasteiger partial charge is 0.345 e. The summed E-state index contributed by atoms with van der Waals surface area (Å²) in [4.78, 5) is 31.7. The second kappa shape index (κ2) is 5.72. The molecule has 0 saturated carbocycles. The summed E-state index contributed by atoms with van der Waals surface area (Å²) in [6, 6.07) is 0. The van der Waals surface area contributed by atoms with Crippen LogP contribution in [-0.2, 0) is 9.59 Å². The fourth-order valence-corrected chi connectivity index (χ4v) is 2.90. The van der Waals surface area contributed by atoms with Gasteiger partial charge in [0.25, 0.3) is 5.91 Å². The molecule has 0 aliphatic carbocycles. The molecule has 5 heteroatoms. The number of likely N-dealkylation sites (tertiary alicyclic amines) is 1. The minimum absolute atomic E-state index is 0.145. The molecule has 0 unspecified atom stereocenters. The van der Waals surface area contributed by atoms with Crippen LogP contribution in [0.2, 0.25) is 0 Å². The molecule has 0 aromatic heterocycles. The van der Waals surface area contributed by atoms with Crippen molar-refractivity contribution < 1.29 is 9.59 Å². The van der Waals surface area contributed by atoms with E-state index in [-0.39, 0.29) is 5.91 Å². The number of carbonyl (C=O) groups excluding carboxylic acids is 2. The smallest absolute Gasteiger partial charge is 0.255 e. The highest BCUT2D eigenvalue weighted by molar-refractivity contribution is 6.08. The van der Waals surface area contributed by atoms with Gasteiger partial charge in [0, 0.05) is 26.1 Å². The van der Waals surface area contributed by atoms with E-state index in [1.807, 2.05) is 11.8 Å². The van der Waals surface area contributed by atoms with Crippen LogP contribution in [0.3, 0.4) is 0 Å². The normalized spacial score (nSPS) is 22.0. The first-order valence-corrected chi connectivity index (χ1v) is 7.27. The van der Waals surface area contributed by atoms with Gasteiger partial charge in [-0.1, -0.05) is 13.3 Å². The number of rotatable bonds is 5. The molecule has 2 aliphatic rings. The van der Waals surface area contributed by atoms with Crippen molar-refractivity contribution in [1.82, 2.24) is 9.80 Å². The molecule has 0 N–H and O–H groups in total. The molecule has 106 valence electrons. The molecule has 0 radical (unpaired) electrons. The van der Waals surface area contributed by atoms with E-state index in [0.717, 1.165) is 31.5 Å². The summed E-state index contributed by atoms with van der Waals surface area (Å²) in [6.07, 6.45) is 5.25. The van der Waals surface area contributed by atoms with Gasteiger partial charge in [-0.2, -0.15) is 0 Å². The van der Waals surface area contributed by atoms with Crippen molar-refractivity contribution in [3.8, 4) is 0 Å². The lowest BCUT2D eigenvalue weighted by atomic mass is 9.88. The Morgan fingerprint density at radius 1 is 1.32 bits per heavy atom. The van der Waals surface area contributed by atoms with Crippen molar-refractivity contribution >= 4 is 18.2 Å². The summed E-state index contributed by atoms with van der Waals surface area (Å²) in [7, 11) is 0. The summed E-state index contributed by atoms with van der Waals surface area (Å²) >= 11 is 0. The van der Waals surface area contributed by atoms with E-state index in [4.69, 9.17) is 4.99 Å². The van der Waals surface area contributed by atoms with Crippen molar-refractivity contribution in [1.29, 1.82) is 0 Å². The molecule has 2 aliphatic heterocycles. The molecular formula is C14H23N3O2. The second-order valence-corrected chi connectivity index (χ2v) is 5.35. The van der Waals surface area contributed by atoms with Crippen LogP contribution >= 0.6 is 0 Å². The molecule has 0 bridgehead atoms. The Kier molecular flexibility index (Phi) is 4.22.